The van der Waals surface area contributed by atoms with Crippen LogP contribution in [-0.4, -0.2) is 0 Å². The summed E-state index contributed by atoms with van der Waals surface area (Å²) in [5, 5.41) is 3.30. The second-order valence-electron chi connectivity index (χ2n) is 5.29. The summed E-state index contributed by atoms with van der Waals surface area (Å²) in [4.78, 5) is 0. The van der Waals surface area contributed by atoms with Crippen LogP contribution in [0, 0.1) is 0 Å². The number of anilines is 2. The Bertz CT molecular complexity index is 766. The lowest BCUT2D eigenvalue weighted by Crippen LogP contribution is -2.14. The lowest BCUT2D eigenvalue weighted by molar-refractivity contribution is 0.633. The average molecular weight is 387 g/mol. The summed E-state index contributed by atoms with van der Waals surface area (Å²) in [6.07, 6.45) is 4.82. The summed E-state index contributed by atoms with van der Waals surface area (Å²) in [5.41, 5.74) is 8.60. The average Bonchev–Trinajstić information content (AvgIpc) is 2.60. The molecular weight excluding hydrogens is 367 g/mol. The Kier molecular flexibility index (Phi) is 6.38. The third kappa shape index (κ3) is 4.59. The smallest absolute Gasteiger partial charge is 0.128 e. The normalized spacial score (nSPS) is 13.0. The Balaban J connectivity index is 2.40. The van der Waals surface area contributed by atoms with Gasteiger partial charge >= 0.3 is 0 Å². The maximum Gasteiger partial charge on any atom is 0.128 e. The molecule has 0 aliphatic carbocycles. The van der Waals surface area contributed by atoms with E-state index in [2.05, 4.69) is 27.8 Å². The minimum absolute atomic E-state index is 0.346. The van der Waals surface area contributed by atoms with Crippen molar-refractivity contribution >= 4 is 27.3 Å². The lowest BCUT2D eigenvalue weighted by Gasteiger charge is -2.23. The quantitative estimate of drug-likeness (QED) is 0.460. The first kappa shape index (κ1) is 18.0. The number of hydrogen-bond acceptors (Lipinski definition) is 2. The molecule has 0 saturated carbocycles. The molecule has 0 heterocycles. The topological polar surface area (TPSA) is 38.0 Å². The number of nitrogens with one attached hydrogen (secondary N) is 1. The van der Waals surface area contributed by atoms with E-state index >= 15 is 0 Å². The van der Waals surface area contributed by atoms with Crippen LogP contribution < -0.4 is 11.1 Å². The SMILES string of the molecule is C=C(/C(F)=C\C=C/C)C(Nc1cc(Br)ccc1N)c1ccccc1. The molecule has 3 N–H and O–H groups in total. The second-order valence-corrected chi connectivity index (χ2v) is 6.20. The second kappa shape index (κ2) is 8.50. The van der Waals surface area contributed by atoms with E-state index in [4.69, 9.17) is 5.73 Å². The zero-order chi connectivity index (χ0) is 17.5. The molecule has 4 heteroatoms. The molecule has 0 fully saturated rings. The predicted octanol–water partition coefficient (Wildman–Crippen LogP) is 6.17. The molecule has 0 aliphatic rings. The first-order valence-electron chi connectivity index (χ1n) is 7.57. The Labute approximate surface area is 150 Å². The third-order valence-corrected chi connectivity index (χ3v) is 4.03. The molecule has 2 aromatic rings. The Hall–Kier alpha value is -2.33. The fourth-order valence-corrected chi connectivity index (χ4v) is 2.61. The van der Waals surface area contributed by atoms with Crippen LogP contribution in [0.3, 0.4) is 0 Å². The van der Waals surface area contributed by atoms with Crippen molar-refractivity contribution in [3.05, 3.63) is 94.8 Å². The van der Waals surface area contributed by atoms with Crippen molar-refractivity contribution in [2.45, 2.75) is 13.0 Å². The van der Waals surface area contributed by atoms with Crippen molar-refractivity contribution in [2.75, 3.05) is 11.1 Å². The number of halogens is 2. The highest BCUT2D eigenvalue weighted by atomic mass is 79.9. The molecule has 0 aromatic heterocycles. The molecule has 1 atom stereocenters. The van der Waals surface area contributed by atoms with E-state index in [1.165, 1.54) is 6.08 Å². The molecular formula is C20H20BrFN2. The van der Waals surface area contributed by atoms with E-state index in [-0.39, 0.29) is 5.83 Å². The van der Waals surface area contributed by atoms with Gasteiger partial charge in [-0.3, -0.25) is 0 Å². The van der Waals surface area contributed by atoms with Gasteiger partial charge in [0.25, 0.3) is 0 Å². The highest BCUT2D eigenvalue weighted by molar-refractivity contribution is 9.10. The van der Waals surface area contributed by atoms with E-state index in [0.29, 0.717) is 11.3 Å². The van der Waals surface area contributed by atoms with Crippen LogP contribution in [0.5, 0.6) is 0 Å². The zero-order valence-electron chi connectivity index (χ0n) is 13.5. The summed E-state index contributed by atoms with van der Waals surface area (Å²) < 4.78 is 15.3. The van der Waals surface area contributed by atoms with Gasteiger partial charge in [0.1, 0.15) is 5.83 Å². The Morgan fingerprint density at radius 2 is 1.96 bits per heavy atom. The minimum atomic E-state index is -0.427. The fourth-order valence-electron chi connectivity index (χ4n) is 2.25. The highest BCUT2D eigenvalue weighted by Gasteiger charge is 2.19. The number of nitrogens with two attached hydrogens (primary N) is 1. The van der Waals surface area contributed by atoms with Gasteiger partial charge in [-0.05, 0) is 36.8 Å². The van der Waals surface area contributed by atoms with Crippen molar-refractivity contribution in [1.29, 1.82) is 0 Å². The number of nitrogen functional groups attached to an aromatic ring is 1. The van der Waals surface area contributed by atoms with Gasteiger partial charge < -0.3 is 11.1 Å². The summed E-state index contributed by atoms with van der Waals surface area (Å²) in [6.45, 7) is 5.78. The van der Waals surface area contributed by atoms with Gasteiger partial charge in [0.05, 0.1) is 17.4 Å². The zero-order valence-corrected chi connectivity index (χ0v) is 15.1. The van der Waals surface area contributed by atoms with Gasteiger partial charge in [0.2, 0.25) is 0 Å². The van der Waals surface area contributed by atoms with Crippen molar-refractivity contribution in [3.8, 4) is 0 Å². The van der Waals surface area contributed by atoms with Crippen LogP contribution in [0.4, 0.5) is 15.8 Å². The fraction of sp³-hybridized carbons (Fsp3) is 0.100. The van der Waals surface area contributed by atoms with E-state index in [9.17, 15) is 4.39 Å². The van der Waals surface area contributed by atoms with Crippen molar-refractivity contribution in [3.63, 3.8) is 0 Å². The summed E-state index contributed by atoms with van der Waals surface area (Å²) in [7, 11) is 0. The minimum Gasteiger partial charge on any atom is -0.397 e. The van der Waals surface area contributed by atoms with Crippen LogP contribution >= 0.6 is 15.9 Å². The molecule has 2 rings (SSSR count). The van der Waals surface area contributed by atoms with E-state index in [1.54, 1.807) is 18.2 Å². The molecule has 2 nitrogen and oxygen atoms in total. The van der Waals surface area contributed by atoms with Crippen molar-refractivity contribution in [1.82, 2.24) is 0 Å². The predicted molar refractivity (Wildman–Crippen MR) is 105 cm³/mol. The van der Waals surface area contributed by atoms with Crippen LogP contribution in [-0.2, 0) is 0 Å². The Morgan fingerprint density at radius 1 is 1.25 bits per heavy atom. The van der Waals surface area contributed by atoms with E-state index < -0.39 is 6.04 Å². The summed E-state index contributed by atoms with van der Waals surface area (Å²) >= 11 is 3.43. The van der Waals surface area contributed by atoms with E-state index in [1.807, 2.05) is 49.4 Å². The van der Waals surface area contributed by atoms with Crippen molar-refractivity contribution in [2.24, 2.45) is 0 Å². The van der Waals surface area contributed by atoms with Crippen molar-refractivity contribution < 1.29 is 4.39 Å². The number of hydrogen-bond donors (Lipinski definition) is 2. The molecule has 0 aliphatic heterocycles. The highest BCUT2D eigenvalue weighted by Crippen LogP contribution is 2.33. The lowest BCUT2D eigenvalue weighted by atomic mass is 9.98. The van der Waals surface area contributed by atoms with Crippen LogP contribution in [0.1, 0.15) is 18.5 Å². The van der Waals surface area contributed by atoms with Gasteiger partial charge in [-0.25, -0.2) is 4.39 Å². The number of allylic oxidation sites excluding steroid dienone is 3. The molecule has 0 amide bonds. The third-order valence-electron chi connectivity index (χ3n) is 3.54. The van der Waals surface area contributed by atoms with E-state index in [0.717, 1.165) is 15.7 Å². The molecule has 0 bridgehead atoms. The van der Waals surface area contributed by atoms with Gasteiger partial charge in [-0.1, -0.05) is 65.0 Å². The van der Waals surface area contributed by atoms with Gasteiger partial charge in [0.15, 0.2) is 0 Å². The van der Waals surface area contributed by atoms with Crippen LogP contribution in [0.15, 0.2) is 89.2 Å². The number of rotatable bonds is 6. The molecule has 0 spiro atoms. The van der Waals surface area contributed by atoms with Crippen LogP contribution in [0.25, 0.3) is 0 Å². The summed E-state index contributed by atoms with van der Waals surface area (Å²) in [6, 6.07) is 14.7. The van der Waals surface area contributed by atoms with Gasteiger partial charge in [0, 0.05) is 10.0 Å². The first-order valence-corrected chi connectivity index (χ1v) is 8.36. The largest absolute Gasteiger partial charge is 0.397 e. The maximum absolute atomic E-state index is 14.4. The molecule has 2 aromatic carbocycles. The van der Waals surface area contributed by atoms with Gasteiger partial charge in [-0.2, -0.15) is 0 Å². The monoisotopic (exact) mass is 386 g/mol. The van der Waals surface area contributed by atoms with Crippen LogP contribution in [0.2, 0.25) is 0 Å². The van der Waals surface area contributed by atoms with Gasteiger partial charge in [-0.15, -0.1) is 0 Å². The Morgan fingerprint density at radius 3 is 2.62 bits per heavy atom. The first-order chi connectivity index (χ1) is 11.5. The molecule has 0 radical (unpaired) electrons. The molecule has 124 valence electrons. The summed E-state index contributed by atoms with van der Waals surface area (Å²) in [5.74, 6) is -0.372. The molecule has 24 heavy (non-hydrogen) atoms. The standard InChI is InChI=1S/C20H20BrFN2/c1-3-4-10-17(22)14(2)20(15-8-6-5-7-9-15)24-19-13-16(21)11-12-18(19)23/h3-13,20,24H,2,23H2,1H3/b4-3-,17-10+. The maximum atomic E-state index is 14.4. The number of benzene rings is 2. The molecule has 0 saturated heterocycles. The molecule has 1 unspecified atom stereocenters.